The molecule has 2 N–H and O–H groups in total. The number of hydrogen-bond donors (Lipinski definition) is 0. The maximum Gasteiger partial charge on any atom is 0.0786 e. The van der Waals surface area contributed by atoms with E-state index in [2.05, 4.69) is 14.1 Å². The molecule has 0 saturated carbocycles. The fourth-order valence-electron chi connectivity index (χ4n) is 3.99. The van der Waals surface area contributed by atoms with Crippen LogP contribution in [0, 0.1) is 0 Å². The summed E-state index contributed by atoms with van der Waals surface area (Å²) < 4.78 is 2.74. The Morgan fingerprint density at radius 2 is 0.895 bits per heavy atom. The van der Waals surface area contributed by atoms with E-state index in [1.807, 2.05) is 0 Å². The number of unbranched alkanes of at least 4 members (excludes halogenated alkanes) is 3. The summed E-state index contributed by atoms with van der Waals surface area (Å²) in [6, 6.07) is 0. The van der Waals surface area contributed by atoms with Crippen molar-refractivity contribution in [1.82, 2.24) is 0 Å². The Hall–Kier alpha value is -0.120. The van der Waals surface area contributed by atoms with Crippen LogP contribution in [-0.4, -0.2) is 67.8 Å². The van der Waals surface area contributed by atoms with Crippen molar-refractivity contribution in [1.29, 1.82) is 0 Å². The molecule has 0 spiro atoms. The average Bonchev–Trinajstić information content (AvgIpc) is 2.94. The van der Waals surface area contributed by atoms with Gasteiger partial charge in [0.2, 0.25) is 0 Å². The van der Waals surface area contributed by atoms with Gasteiger partial charge in [-0.2, -0.15) is 0 Å². The smallest absolute Gasteiger partial charge is 0.0786 e. The van der Waals surface area contributed by atoms with Gasteiger partial charge in [0.15, 0.2) is 0 Å². The summed E-state index contributed by atoms with van der Waals surface area (Å²) in [4.78, 5) is 0. The predicted octanol–water partition coefficient (Wildman–Crippen LogP) is 2.20. The van der Waals surface area contributed by atoms with E-state index in [1.54, 1.807) is 0 Å². The lowest BCUT2D eigenvalue weighted by atomic mass is 10.1. The fraction of sp³-hybridized carbons (Fsp3) is 1.00. The normalized spacial score (nSPS) is 24.3. The van der Waals surface area contributed by atoms with Crippen LogP contribution in [0.2, 0.25) is 0 Å². The van der Waals surface area contributed by atoms with Crippen molar-refractivity contribution in [2.45, 2.75) is 51.4 Å². The quantitative estimate of drug-likeness (QED) is 0.503. The Balaban J connectivity index is 0.00000180. The number of rotatable bonds is 7. The van der Waals surface area contributed by atoms with E-state index in [4.69, 9.17) is 0 Å². The molecule has 0 unspecified atom stereocenters. The van der Waals surface area contributed by atoms with E-state index < -0.39 is 0 Å². The molecule has 2 heterocycles. The zero-order valence-electron chi connectivity index (χ0n) is 13.3. The van der Waals surface area contributed by atoms with Crippen molar-refractivity contribution in [2.75, 3.05) is 53.4 Å². The summed E-state index contributed by atoms with van der Waals surface area (Å²) >= 11 is 0. The highest BCUT2D eigenvalue weighted by atomic mass is 16.0. The van der Waals surface area contributed by atoms with Gasteiger partial charge in [-0.3, -0.25) is 0 Å². The first-order valence-corrected chi connectivity index (χ1v) is 8.29. The van der Waals surface area contributed by atoms with Crippen LogP contribution in [0.3, 0.4) is 0 Å². The summed E-state index contributed by atoms with van der Waals surface area (Å²) in [5, 5.41) is 0. The summed E-state index contributed by atoms with van der Waals surface area (Å²) in [6.07, 6.45) is 11.7. The van der Waals surface area contributed by atoms with Crippen molar-refractivity contribution in [3.8, 4) is 0 Å². The largest absolute Gasteiger partial charge is 0.412 e. The minimum atomic E-state index is 0. The minimum absolute atomic E-state index is 0. The van der Waals surface area contributed by atoms with Crippen LogP contribution in [0.4, 0.5) is 0 Å². The molecule has 2 saturated heterocycles. The van der Waals surface area contributed by atoms with Crippen LogP contribution in [0.1, 0.15) is 51.4 Å². The number of quaternary nitrogens is 2. The summed E-state index contributed by atoms with van der Waals surface area (Å²) in [5.74, 6) is 0. The van der Waals surface area contributed by atoms with E-state index in [0.29, 0.717) is 0 Å². The van der Waals surface area contributed by atoms with Crippen LogP contribution in [-0.2, 0) is 0 Å². The third-order valence-corrected chi connectivity index (χ3v) is 5.44. The Kier molecular flexibility index (Phi) is 6.78. The van der Waals surface area contributed by atoms with Gasteiger partial charge in [-0.05, 0) is 25.7 Å². The van der Waals surface area contributed by atoms with Crippen molar-refractivity contribution in [2.24, 2.45) is 0 Å². The first-order chi connectivity index (χ1) is 8.62. The minimum Gasteiger partial charge on any atom is -0.412 e. The molecule has 0 aromatic carbocycles. The molecule has 3 heteroatoms. The van der Waals surface area contributed by atoms with Gasteiger partial charge in [0.25, 0.3) is 0 Å². The van der Waals surface area contributed by atoms with Crippen molar-refractivity contribution in [3.63, 3.8) is 0 Å². The van der Waals surface area contributed by atoms with E-state index in [-0.39, 0.29) is 5.48 Å². The fourth-order valence-corrected chi connectivity index (χ4v) is 3.99. The Bertz CT molecular complexity index is 217. The molecule has 2 fully saturated rings. The SMILES string of the molecule is C[N+]1(CCCCCC[N+]2(C)CCCC2)CCCC1.O. The summed E-state index contributed by atoms with van der Waals surface area (Å²) in [5.41, 5.74) is 0. The lowest BCUT2D eigenvalue weighted by Crippen LogP contribution is -2.42. The lowest BCUT2D eigenvalue weighted by molar-refractivity contribution is -0.898. The van der Waals surface area contributed by atoms with Gasteiger partial charge < -0.3 is 14.4 Å². The van der Waals surface area contributed by atoms with Gasteiger partial charge in [-0.15, -0.1) is 0 Å². The first kappa shape index (κ1) is 16.9. The molecule has 2 aliphatic rings. The molecule has 2 rings (SSSR count). The molecule has 0 bridgehead atoms. The van der Waals surface area contributed by atoms with E-state index in [1.165, 1.54) is 99.6 Å². The highest BCUT2D eigenvalue weighted by molar-refractivity contribution is 4.54. The van der Waals surface area contributed by atoms with E-state index in [9.17, 15) is 0 Å². The van der Waals surface area contributed by atoms with Gasteiger partial charge in [0.1, 0.15) is 0 Å². The molecule has 2 aliphatic heterocycles. The third kappa shape index (κ3) is 5.41. The van der Waals surface area contributed by atoms with Crippen molar-refractivity contribution < 1.29 is 14.4 Å². The van der Waals surface area contributed by atoms with Crippen LogP contribution in [0.15, 0.2) is 0 Å². The maximum atomic E-state index is 2.46. The Morgan fingerprint density at radius 1 is 0.579 bits per heavy atom. The molecular weight excluding hydrogens is 236 g/mol. The molecule has 0 aliphatic carbocycles. The molecule has 114 valence electrons. The molecule has 19 heavy (non-hydrogen) atoms. The zero-order valence-corrected chi connectivity index (χ0v) is 13.3. The van der Waals surface area contributed by atoms with Gasteiger partial charge in [0, 0.05) is 25.7 Å². The Labute approximate surface area is 120 Å². The Morgan fingerprint density at radius 3 is 1.21 bits per heavy atom. The molecular formula is C16H36N2O+2. The molecule has 0 aromatic rings. The lowest BCUT2D eigenvalue weighted by Gasteiger charge is -2.30. The second kappa shape index (κ2) is 7.61. The van der Waals surface area contributed by atoms with Gasteiger partial charge in [0.05, 0.1) is 53.4 Å². The monoisotopic (exact) mass is 272 g/mol. The van der Waals surface area contributed by atoms with Gasteiger partial charge in [-0.1, -0.05) is 0 Å². The standard InChI is InChI=1S/C16H34N2.H2O/c1-17(13-7-8-14-17)11-5-3-4-6-12-18(2)15-9-10-16-18;/h3-16H2,1-2H3;1H2/q+2;. The van der Waals surface area contributed by atoms with Crippen LogP contribution in [0.5, 0.6) is 0 Å². The third-order valence-electron chi connectivity index (χ3n) is 5.44. The summed E-state index contributed by atoms with van der Waals surface area (Å²) in [7, 11) is 4.92. The van der Waals surface area contributed by atoms with E-state index in [0.717, 1.165) is 0 Å². The number of likely N-dealkylation sites (tertiary alicyclic amines) is 2. The molecule has 0 radical (unpaired) electrons. The zero-order chi connectivity index (χ0) is 12.9. The number of hydrogen-bond acceptors (Lipinski definition) is 0. The van der Waals surface area contributed by atoms with E-state index >= 15 is 0 Å². The van der Waals surface area contributed by atoms with Crippen molar-refractivity contribution in [3.05, 3.63) is 0 Å². The highest BCUT2D eigenvalue weighted by Gasteiger charge is 2.27. The molecule has 0 amide bonds. The first-order valence-electron chi connectivity index (χ1n) is 8.29. The van der Waals surface area contributed by atoms with Crippen LogP contribution < -0.4 is 0 Å². The van der Waals surface area contributed by atoms with Crippen molar-refractivity contribution >= 4 is 0 Å². The maximum absolute atomic E-state index is 2.46. The molecule has 3 nitrogen and oxygen atoms in total. The summed E-state index contributed by atoms with van der Waals surface area (Å²) in [6.45, 7) is 8.63. The second-order valence-corrected chi connectivity index (χ2v) is 7.41. The average molecular weight is 272 g/mol. The van der Waals surface area contributed by atoms with Gasteiger partial charge in [-0.25, -0.2) is 0 Å². The molecule has 0 atom stereocenters. The van der Waals surface area contributed by atoms with Crippen LogP contribution >= 0.6 is 0 Å². The highest BCUT2D eigenvalue weighted by Crippen LogP contribution is 2.19. The number of nitrogens with zero attached hydrogens (tertiary/aromatic N) is 2. The topological polar surface area (TPSA) is 31.5 Å². The second-order valence-electron chi connectivity index (χ2n) is 7.41. The predicted molar refractivity (Wildman–Crippen MR) is 82.1 cm³/mol. The van der Waals surface area contributed by atoms with Gasteiger partial charge >= 0.3 is 0 Å². The van der Waals surface area contributed by atoms with Crippen LogP contribution in [0.25, 0.3) is 0 Å². The molecule has 0 aromatic heterocycles.